The largest absolute Gasteiger partial charge is 0.480 e. The van der Waals surface area contributed by atoms with Gasteiger partial charge in [-0.15, -0.1) is 0 Å². The minimum Gasteiger partial charge on any atom is -0.480 e. The third kappa shape index (κ3) is 6.22. The van der Waals surface area contributed by atoms with Crippen LogP contribution < -0.4 is 15.5 Å². The average Bonchev–Trinajstić information content (AvgIpc) is 2.38. The number of benzene rings is 1. The summed E-state index contributed by atoms with van der Waals surface area (Å²) >= 11 is 0. The van der Waals surface area contributed by atoms with Crippen LogP contribution in [-0.4, -0.2) is 43.7 Å². The van der Waals surface area contributed by atoms with Crippen molar-refractivity contribution in [3.05, 3.63) is 29.6 Å². The van der Waals surface area contributed by atoms with Crippen molar-refractivity contribution in [3.8, 4) is 0 Å². The normalized spacial score (nSPS) is 10.2. The minimum absolute atomic E-state index is 0.0869. The molecule has 3 N–H and O–H groups in total. The molecule has 1 amide bonds. The molecule has 0 atom stereocenters. The van der Waals surface area contributed by atoms with Crippen molar-refractivity contribution >= 4 is 17.6 Å². The maximum atomic E-state index is 13.7. The fourth-order valence-corrected chi connectivity index (χ4v) is 1.81. The maximum absolute atomic E-state index is 13.7. The number of hydrogen-bond donors (Lipinski definition) is 3. The molecule has 0 saturated carbocycles. The number of amides is 1. The zero-order valence-corrected chi connectivity index (χ0v) is 12.1. The summed E-state index contributed by atoms with van der Waals surface area (Å²) in [6.07, 6.45) is 0. The van der Waals surface area contributed by atoms with Crippen LogP contribution in [0.15, 0.2) is 18.2 Å². The fraction of sp³-hybridized carbons (Fsp3) is 0.429. The van der Waals surface area contributed by atoms with E-state index in [2.05, 4.69) is 10.6 Å². The number of hydrogen-bond acceptors (Lipinski definition) is 4. The molecular formula is C14H20FN3O3. The van der Waals surface area contributed by atoms with Crippen LogP contribution in [-0.2, 0) is 16.1 Å². The highest BCUT2D eigenvalue weighted by molar-refractivity contribution is 5.73. The summed E-state index contributed by atoms with van der Waals surface area (Å²) in [6.45, 7) is 2.80. The van der Waals surface area contributed by atoms with Gasteiger partial charge in [-0.05, 0) is 17.7 Å². The first-order chi connectivity index (χ1) is 9.90. The monoisotopic (exact) mass is 297 g/mol. The number of likely N-dealkylation sites (N-methyl/N-ethyl adjacent to an activating group) is 1. The van der Waals surface area contributed by atoms with Gasteiger partial charge in [-0.1, -0.05) is 6.07 Å². The number of carbonyl (C=O) groups excluding carboxylic acids is 1. The summed E-state index contributed by atoms with van der Waals surface area (Å²) in [6, 6.07) is 4.57. The van der Waals surface area contributed by atoms with Crippen molar-refractivity contribution in [1.29, 1.82) is 0 Å². The smallest absolute Gasteiger partial charge is 0.323 e. The lowest BCUT2D eigenvalue weighted by Gasteiger charge is -2.18. The molecule has 0 aliphatic rings. The van der Waals surface area contributed by atoms with Gasteiger partial charge in [-0.25, -0.2) is 4.39 Å². The first-order valence-electron chi connectivity index (χ1n) is 6.56. The highest BCUT2D eigenvalue weighted by atomic mass is 19.1. The Kier molecular flexibility index (Phi) is 6.61. The molecule has 0 radical (unpaired) electrons. The van der Waals surface area contributed by atoms with Crippen molar-refractivity contribution in [3.63, 3.8) is 0 Å². The number of nitrogens with one attached hydrogen (secondary N) is 2. The Labute approximate surface area is 122 Å². The summed E-state index contributed by atoms with van der Waals surface area (Å²) in [5, 5.41) is 14.5. The van der Waals surface area contributed by atoms with Gasteiger partial charge in [0.15, 0.2) is 0 Å². The molecule has 7 heteroatoms. The van der Waals surface area contributed by atoms with Crippen LogP contribution in [0.1, 0.15) is 12.5 Å². The zero-order valence-electron chi connectivity index (χ0n) is 12.1. The number of carboxylic acids is 1. The predicted octanol–water partition coefficient (Wildman–Crippen LogP) is 0.572. The van der Waals surface area contributed by atoms with E-state index in [9.17, 15) is 14.0 Å². The van der Waals surface area contributed by atoms with Gasteiger partial charge in [-0.2, -0.15) is 0 Å². The highest BCUT2D eigenvalue weighted by Crippen LogP contribution is 2.19. The van der Waals surface area contributed by atoms with Gasteiger partial charge in [0.05, 0.1) is 5.69 Å². The number of nitrogens with zero attached hydrogens (tertiary/aromatic N) is 1. The van der Waals surface area contributed by atoms with Crippen molar-refractivity contribution in [1.82, 2.24) is 10.6 Å². The Morgan fingerprint density at radius 2 is 2.05 bits per heavy atom. The SMILES string of the molecule is CC(=O)NCCNCc1ccc(F)c(N(C)CC(=O)O)c1. The lowest BCUT2D eigenvalue weighted by atomic mass is 10.1. The number of aliphatic carboxylic acids is 1. The Bertz CT molecular complexity index is 508. The summed E-state index contributed by atoms with van der Waals surface area (Å²) in [5.41, 5.74) is 1.09. The van der Waals surface area contributed by atoms with Crippen LogP contribution in [0, 0.1) is 5.82 Å². The Morgan fingerprint density at radius 3 is 2.67 bits per heavy atom. The molecule has 116 valence electrons. The quantitative estimate of drug-likeness (QED) is 0.611. The lowest BCUT2D eigenvalue weighted by molar-refractivity contribution is -0.135. The molecule has 0 aliphatic heterocycles. The van der Waals surface area contributed by atoms with Gasteiger partial charge in [0.25, 0.3) is 0 Å². The first-order valence-corrected chi connectivity index (χ1v) is 6.56. The number of rotatable bonds is 8. The molecular weight excluding hydrogens is 277 g/mol. The predicted molar refractivity (Wildman–Crippen MR) is 77.7 cm³/mol. The molecule has 1 aromatic rings. The Hall–Kier alpha value is -2.15. The van der Waals surface area contributed by atoms with E-state index in [1.54, 1.807) is 12.1 Å². The van der Waals surface area contributed by atoms with Gasteiger partial charge in [-0.3, -0.25) is 9.59 Å². The Morgan fingerprint density at radius 1 is 1.33 bits per heavy atom. The summed E-state index contributed by atoms with van der Waals surface area (Å²) in [5.74, 6) is -1.56. The van der Waals surface area contributed by atoms with Crippen LogP contribution in [0.2, 0.25) is 0 Å². The van der Waals surface area contributed by atoms with E-state index in [1.807, 2.05) is 0 Å². The van der Waals surface area contributed by atoms with Crippen LogP contribution in [0.3, 0.4) is 0 Å². The molecule has 0 spiro atoms. The molecule has 21 heavy (non-hydrogen) atoms. The standard InChI is InChI=1S/C14H20FN3O3/c1-10(19)17-6-5-16-8-11-3-4-12(15)13(7-11)18(2)9-14(20)21/h3-4,7,16H,5-6,8-9H2,1-2H3,(H,17,19)(H,20,21). The summed E-state index contributed by atoms with van der Waals surface area (Å²) in [7, 11) is 1.53. The van der Waals surface area contributed by atoms with Crippen molar-refractivity contribution in [2.75, 3.05) is 31.6 Å². The number of anilines is 1. The van der Waals surface area contributed by atoms with Gasteiger partial charge in [0, 0.05) is 33.6 Å². The topological polar surface area (TPSA) is 81.7 Å². The van der Waals surface area contributed by atoms with Crippen molar-refractivity contribution in [2.45, 2.75) is 13.5 Å². The molecule has 0 aliphatic carbocycles. The third-order valence-electron chi connectivity index (χ3n) is 2.80. The van der Waals surface area contributed by atoms with Gasteiger partial charge in [0.1, 0.15) is 12.4 Å². The van der Waals surface area contributed by atoms with Gasteiger partial charge >= 0.3 is 5.97 Å². The second-order valence-electron chi connectivity index (χ2n) is 4.70. The van der Waals surface area contributed by atoms with Gasteiger partial charge < -0.3 is 20.6 Å². The molecule has 0 fully saturated rings. The summed E-state index contributed by atoms with van der Waals surface area (Å²) < 4.78 is 13.7. The van der Waals surface area contributed by atoms with E-state index in [0.717, 1.165) is 5.56 Å². The van der Waals surface area contributed by atoms with E-state index < -0.39 is 11.8 Å². The van der Waals surface area contributed by atoms with E-state index in [0.29, 0.717) is 19.6 Å². The van der Waals surface area contributed by atoms with E-state index >= 15 is 0 Å². The molecule has 0 heterocycles. The second-order valence-corrected chi connectivity index (χ2v) is 4.70. The van der Waals surface area contributed by atoms with Gasteiger partial charge in [0.2, 0.25) is 5.91 Å². The Balaban J connectivity index is 2.56. The maximum Gasteiger partial charge on any atom is 0.323 e. The molecule has 6 nitrogen and oxygen atoms in total. The minimum atomic E-state index is -1.02. The second kappa shape index (κ2) is 8.21. The van der Waals surface area contributed by atoms with Crippen LogP contribution in [0.4, 0.5) is 10.1 Å². The molecule has 1 rings (SSSR count). The number of carboxylic acid groups (broad SMARTS) is 1. The van der Waals surface area contributed by atoms with E-state index in [-0.39, 0.29) is 18.1 Å². The fourth-order valence-electron chi connectivity index (χ4n) is 1.81. The lowest BCUT2D eigenvalue weighted by Crippen LogP contribution is -2.30. The van der Waals surface area contributed by atoms with Crippen LogP contribution in [0.5, 0.6) is 0 Å². The van der Waals surface area contributed by atoms with Crippen LogP contribution in [0.25, 0.3) is 0 Å². The molecule has 0 saturated heterocycles. The number of carbonyl (C=O) groups is 2. The molecule has 0 bridgehead atoms. The molecule has 1 aromatic carbocycles. The average molecular weight is 297 g/mol. The molecule has 0 unspecified atom stereocenters. The molecule has 0 aromatic heterocycles. The summed E-state index contributed by atoms with van der Waals surface area (Å²) in [4.78, 5) is 22.7. The zero-order chi connectivity index (χ0) is 15.8. The third-order valence-corrected chi connectivity index (χ3v) is 2.80. The van der Waals surface area contributed by atoms with Crippen molar-refractivity contribution in [2.24, 2.45) is 0 Å². The van der Waals surface area contributed by atoms with E-state index in [1.165, 1.54) is 24.9 Å². The van der Waals surface area contributed by atoms with E-state index in [4.69, 9.17) is 5.11 Å². The van der Waals surface area contributed by atoms with Crippen LogP contribution >= 0.6 is 0 Å². The first kappa shape index (κ1) is 16.9. The number of halogens is 1. The van der Waals surface area contributed by atoms with Crippen molar-refractivity contribution < 1.29 is 19.1 Å². The highest BCUT2D eigenvalue weighted by Gasteiger charge is 2.11.